The summed E-state index contributed by atoms with van der Waals surface area (Å²) in [6.45, 7) is 12.4. The maximum absolute atomic E-state index is 4.22. The highest BCUT2D eigenvalue weighted by atomic mass is 14.9. The molecule has 2 atom stereocenters. The average molecular weight is 234 g/mol. The summed E-state index contributed by atoms with van der Waals surface area (Å²) in [6.07, 6.45) is 4.96. The Kier molecular flexibility index (Phi) is 5.13. The van der Waals surface area contributed by atoms with E-state index in [0.717, 1.165) is 13.0 Å². The highest BCUT2D eigenvalue weighted by molar-refractivity contribution is 5.14. The van der Waals surface area contributed by atoms with Gasteiger partial charge in [-0.15, -0.1) is 0 Å². The van der Waals surface area contributed by atoms with E-state index in [1.54, 1.807) is 0 Å². The van der Waals surface area contributed by atoms with Gasteiger partial charge in [0.05, 0.1) is 0 Å². The summed E-state index contributed by atoms with van der Waals surface area (Å²) in [4.78, 5) is 4.22. The first-order chi connectivity index (χ1) is 7.95. The molecule has 2 nitrogen and oxygen atoms in total. The molecular formula is C15H26N2. The second-order valence-electron chi connectivity index (χ2n) is 5.90. The van der Waals surface area contributed by atoms with E-state index in [1.165, 1.54) is 5.56 Å². The summed E-state index contributed by atoms with van der Waals surface area (Å²) < 4.78 is 0. The first-order valence-electron chi connectivity index (χ1n) is 6.58. The predicted octanol–water partition coefficient (Wildman–Crippen LogP) is 3.80. The second kappa shape index (κ2) is 6.15. The van der Waals surface area contributed by atoms with Gasteiger partial charge in [0.15, 0.2) is 0 Å². The largest absolute Gasteiger partial charge is 0.310 e. The van der Waals surface area contributed by atoms with E-state index in [4.69, 9.17) is 0 Å². The van der Waals surface area contributed by atoms with Crippen molar-refractivity contribution in [2.24, 2.45) is 11.3 Å². The van der Waals surface area contributed by atoms with Crippen LogP contribution in [0.25, 0.3) is 0 Å². The van der Waals surface area contributed by atoms with Gasteiger partial charge >= 0.3 is 0 Å². The van der Waals surface area contributed by atoms with Crippen LogP contribution < -0.4 is 5.32 Å². The molecule has 0 bridgehead atoms. The van der Waals surface area contributed by atoms with Crippen LogP contribution in [0.4, 0.5) is 0 Å². The zero-order chi connectivity index (χ0) is 12.9. The van der Waals surface area contributed by atoms with Crippen molar-refractivity contribution >= 4 is 0 Å². The molecule has 1 aromatic heterocycles. The maximum Gasteiger partial charge on any atom is 0.0338 e. The minimum Gasteiger partial charge on any atom is -0.310 e. The van der Waals surface area contributed by atoms with E-state index in [0.29, 0.717) is 17.4 Å². The Balaban J connectivity index is 2.74. The molecule has 2 unspecified atom stereocenters. The fourth-order valence-corrected chi connectivity index (χ4v) is 1.87. The lowest BCUT2D eigenvalue weighted by molar-refractivity contribution is 0.224. The molecule has 17 heavy (non-hydrogen) atoms. The molecule has 0 amide bonds. The number of pyridine rings is 1. The van der Waals surface area contributed by atoms with Crippen LogP contribution in [0, 0.1) is 11.3 Å². The number of hydrogen-bond donors (Lipinski definition) is 1. The molecule has 1 heterocycles. The predicted molar refractivity (Wildman–Crippen MR) is 73.9 cm³/mol. The Bertz CT molecular complexity index is 313. The maximum atomic E-state index is 4.22. The molecule has 0 aliphatic rings. The lowest BCUT2D eigenvalue weighted by Crippen LogP contribution is -2.27. The Morgan fingerprint density at radius 3 is 2.53 bits per heavy atom. The van der Waals surface area contributed by atoms with Gasteiger partial charge in [0.25, 0.3) is 0 Å². The van der Waals surface area contributed by atoms with E-state index in [9.17, 15) is 0 Å². The van der Waals surface area contributed by atoms with Gasteiger partial charge in [0, 0.05) is 18.4 Å². The van der Waals surface area contributed by atoms with Gasteiger partial charge in [0.2, 0.25) is 0 Å². The van der Waals surface area contributed by atoms with Crippen LogP contribution in [0.2, 0.25) is 0 Å². The highest BCUT2D eigenvalue weighted by Gasteiger charge is 2.24. The van der Waals surface area contributed by atoms with E-state index in [1.807, 2.05) is 18.5 Å². The van der Waals surface area contributed by atoms with Crippen LogP contribution in [0.1, 0.15) is 52.6 Å². The Hall–Kier alpha value is -0.890. The molecule has 1 aromatic rings. The molecule has 2 heteroatoms. The number of nitrogens with one attached hydrogen (secondary N) is 1. The summed E-state index contributed by atoms with van der Waals surface area (Å²) in [5, 5.41) is 3.56. The van der Waals surface area contributed by atoms with Crippen LogP contribution in [0.15, 0.2) is 24.5 Å². The van der Waals surface area contributed by atoms with E-state index < -0.39 is 0 Å². The summed E-state index contributed by atoms with van der Waals surface area (Å²) in [6, 6.07) is 4.60. The molecule has 0 spiro atoms. The van der Waals surface area contributed by atoms with E-state index in [2.05, 4.69) is 51.0 Å². The molecule has 0 fully saturated rings. The summed E-state index contributed by atoms with van der Waals surface area (Å²) in [5.74, 6) is 0.673. The molecule has 0 aromatic carbocycles. The Morgan fingerprint density at radius 1 is 1.35 bits per heavy atom. The number of hydrogen-bond acceptors (Lipinski definition) is 2. The normalized spacial score (nSPS) is 15.6. The molecule has 0 aliphatic heterocycles. The van der Waals surface area contributed by atoms with Crippen LogP contribution in [-0.2, 0) is 0 Å². The topological polar surface area (TPSA) is 24.9 Å². The quantitative estimate of drug-likeness (QED) is 0.838. The van der Waals surface area contributed by atoms with Crippen LogP contribution in [0.3, 0.4) is 0 Å². The minimum absolute atomic E-state index is 0.357. The Morgan fingerprint density at radius 2 is 2.06 bits per heavy atom. The van der Waals surface area contributed by atoms with Gasteiger partial charge in [-0.1, -0.05) is 40.7 Å². The summed E-state index contributed by atoms with van der Waals surface area (Å²) >= 11 is 0. The first-order valence-corrected chi connectivity index (χ1v) is 6.58. The van der Waals surface area contributed by atoms with Gasteiger partial charge in [-0.25, -0.2) is 0 Å². The monoisotopic (exact) mass is 234 g/mol. The fourth-order valence-electron chi connectivity index (χ4n) is 1.87. The van der Waals surface area contributed by atoms with Crippen molar-refractivity contribution in [2.45, 2.75) is 47.1 Å². The molecule has 0 saturated carbocycles. The van der Waals surface area contributed by atoms with Crippen molar-refractivity contribution in [1.82, 2.24) is 10.3 Å². The lowest BCUT2D eigenvalue weighted by atomic mass is 9.77. The fraction of sp³-hybridized carbons (Fsp3) is 0.667. The van der Waals surface area contributed by atoms with Crippen LogP contribution in [-0.4, -0.2) is 11.5 Å². The SMILES string of the molecule is CCNC(CC(C)C(C)(C)C)c1cccnc1. The molecule has 0 aliphatic carbocycles. The number of nitrogens with zero attached hydrogens (tertiary/aromatic N) is 1. The van der Waals surface area contributed by atoms with Crippen LogP contribution >= 0.6 is 0 Å². The van der Waals surface area contributed by atoms with Crippen molar-refractivity contribution in [1.29, 1.82) is 0 Å². The zero-order valence-electron chi connectivity index (χ0n) is 11.8. The molecular weight excluding hydrogens is 208 g/mol. The van der Waals surface area contributed by atoms with E-state index in [-0.39, 0.29) is 0 Å². The van der Waals surface area contributed by atoms with Gasteiger partial charge in [-0.2, -0.15) is 0 Å². The molecule has 1 N–H and O–H groups in total. The van der Waals surface area contributed by atoms with Crippen molar-refractivity contribution < 1.29 is 0 Å². The third-order valence-corrected chi connectivity index (χ3v) is 3.60. The van der Waals surface area contributed by atoms with Crippen molar-refractivity contribution in [3.05, 3.63) is 30.1 Å². The number of rotatable bonds is 5. The van der Waals surface area contributed by atoms with Crippen LogP contribution in [0.5, 0.6) is 0 Å². The van der Waals surface area contributed by atoms with E-state index >= 15 is 0 Å². The molecule has 96 valence electrons. The minimum atomic E-state index is 0.357. The summed E-state index contributed by atoms with van der Waals surface area (Å²) in [7, 11) is 0. The van der Waals surface area contributed by atoms with Crippen molar-refractivity contribution in [2.75, 3.05) is 6.54 Å². The van der Waals surface area contributed by atoms with Gasteiger partial charge < -0.3 is 5.32 Å². The second-order valence-corrected chi connectivity index (χ2v) is 5.90. The Labute approximate surface area is 106 Å². The third kappa shape index (κ3) is 4.47. The highest BCUT2D eigenvalue weighted by Crippen LogP contribution is 2.32. The third-order valence-electron chi connectivity index (χ3n) is 3.60. The molecule has 1 rings (SSSR count). The first kappa shape index (κ1) is 14.2. The van der Waals surface area contributed by atoms with Crippen molar-refractivity contribution in [3.63, 3.8) is 0 Å². The smallest absolute Gasteiger partial charge is 0.0338 e. The van der Waals surface area contributed by atoms with Crippen molar-refractivity contribution in [3.8, 4) is 0 Å². The molecule has 0 saturated heterocycles. The lowest BCUT2D eigenvalue weighted by Gasteiger charge is -2.31. The summed E-state index contributed by atoms with van der Waals surface area (Å²) in [5.41, 5.74) is 1.65. The standard InChI is InChI=1S/C15H26N2/c1-6-17-14(10-12(2)15(3,4)5)13-8-7-9-16-11-13/h7-9,11-12,14,17H,6,10H2,1-5H3. The zero-order valence-corrected chi connectivity index (χ0v) is 11.8. The number of aromatic nitrogens is 1. The van der Waals surface area contributed by atoms with Gasteiger partial charge in [0.1, 0.15) is 0 Å². The average Bonchev–Trinajstić information content (AvgIpc) is 2.28. The van der Waals surface area contributed by atoms with Gasteiger partial charge in [-0.05, 0) is 35.9 Å². The molecule has 0 radical (unpaired) electrons. The van der Waals surface area contributed by atoms with Gasteiger partial charge in [-0.3, -0.25) is 4.98 Å².